The minimum Gasteiger partial charge on any atom is -0.479 e. The molecule has 1 aliphatic rings. The van der Waals surface area contributed by atoms with Gasteiger partial charge in [-0.15, -0.1) is 0 Å². The van der Waals surface area contributed by atoms with E-state index < -0.39 is 17.6 Å². The maximum Gasteiger partial charge on any atom is 0.411 e. The van der Waals surface area contributed by atoms with E-state index in [2.05, 4.69) is 0 Å². The Morgan fingerprint density at radius 1 is 1.13 bits per heavy atom. The Labute approximate surface area is 134 Å². The van der Waals surface area contributed by atoms with E-state index in [0.29, 0.717) is 5.56 Å². The monoisotopic (exact) mass is 311 g/mol. The van der Waals surface area contributed by atoms with Gasteiger partial charge in [-0.1, -0.05) is 54.6 Å². The lowest BCUT2D eigenvalue weighted by Gasteiger charge is -2.31. The SMILES string of the molecule is CC1(C(=O)O)c2ccccc2CN1C(=O)OCc1ccccc1. The number of hydrogen-bond donors (Lipinski definition) is 1. The second kappa shape index (κ2) is 5.76. The third-order valence-electron chi connectivity index (χ3n) is 4.25. The van der Waals surface area contributed by atoms with Gasteiger partial charge >= 0.3 is 12.1 Å². The first-order valence-corrected chi connectivity index (χ1v) is 7.33. The minimum absolute atomic E-state index is 0.113. The second-order valence-corrected chi connectivity index (χ2v) is 5.66. The summed E-state index contributed by atoms with van der Waals surface area (Å²) < 4.78 is 5.31. The maximum atomic E-state index is 12.4. The van der Waals surface area contributed by atoms with Gasteiger partial charge in [-0.05, 0) is 23.6 Å². The van der Waals surface area contributed by atoms with E-state index >= 15 is 0 Å². The molecule has 0 bridgehead atoms. The molecule has 118 valence electrons. The number of nitrogens with zero attached hydrogens (tertiary/aromatic N) is 1. The Morgan fingerprint density at radius 2 is 1.78 bits per heavy atom. The van der Waals surface area contributed by atoms with Crippen LogP contribution in [0.5, 0.6) is 0 Å². The molecule has 1 amide bonds. The quantitative estimate of drug-likeness (QED) is 0.945. The van der Waals surface area contributed by atoms with Crippen LogP contribution >= 0.6 is 0 Å². The Bertz CT molecular complexity index is 744. The highest BCUT2D eigenvalue weighted by Gasteiger charge is 2.50. The van der Waals surface area contributed by atoms with Crippen molar-refractivity contribution in [1.82, 2.24) is 4.90 Å². The van der Waals surface area contributed by atoms with E-state index in [4.69, 9.17) is 4.74 Å². The summed E-state index contributed by atoms with van der Waals surface area (Å²) in [6.07, 6.45) is -0.630. The van der Waals surface area contributed by atoms with Crippen LogP contribution in [0.25, 0.3) is 0 Å². The van der Waals surface area contributed by atoms with E-state index in [1.54, 1.807) is 12.1 Å². The van der Waals surface area contributed by atoms with Gasteiger partial charge in [0, 0.05) is 0 Å². The van der Waals surface area contributed by atoms with Crippen molar-refractivity contribution in [3.05, 3.63) is 71.3 Å². The molecule has 1 unspecified atom stereocenters. The van der Waals surface area contributed by atoms with Crippen molar-refractivity contribution in [3.8, 4) is 0 Å². The fourth-order valence-corrected chi connectivity index (χ4v) is 2.88. The third kappa shape index (κ3) is 2.54. The van der Waals surface area contributed by atoms with E-state index in [0.717, 1.165) is 11.1 Å². The van der Waals surface area contributed by atoms with Gasteiger partial charge < -0.3 is 9.84 Å². The standard InChI is InChI=1S/C18H17NO4/c1-18(16(20)21)15-10-6-5-9-14(15)11-19(18)17(22)23-12-13-7-3-2-4-8-13/h2-10H,11-12H2,1H3,(H,20,21). The Hall–Kier alpha value is -2.82. The number of rotatable bonds is 3. The zero-order valence-corrected chi connectivity index (χ0v) is 12.7. The summed E-state index contributed by atoms with van der Waals surface area (Å²) in [6.45, 7) is 1.87. The minimum atomic E-state index is -1.41. The van der Waals surface area contributed by atoms with Gasteiger partial charge in [0.15, 0.2) is 5.54 Å². The molecule has 2 aromatic carbocycles. The molecule has 0 saturated heterocycles. The summed E-state index contributed by atoms with van der Waals surface area (Å²) in [5.74, 6) is -1.07. The topological polar surface area (TPSA) is 66.8 Å². The largest absolute Gasteiger partial charge is 0.479 e. The van der Waals surface area contributed by atoms with Gasteiger partial charge in [0.25, 0.3) is 0 Å². The number of fused-ring (bicyclic) bond motifs is 1. The van der Waals surface area contributed by atoms with Crippen LogP contribution in [-0.4, -0.2) is 22.1 Å². The summed E-state index contributed by atoms with van der Waals surface area (Å²) in [5, 5.41) is 9.67. The number of amides is 1. The lowest BCUT2D eigenvalue weighted by molar-refractivity contribution is -0.149. The molecule has 0 aromatic heterocycles. The summed E-state index contributed by atoms with van der Waals surface area (Å²) >= 11 is 0. The summed E-state index contributed by atoms with van der Waals surface area (Å²) in [5.41, 5.74) is 0.900. The molecule has 0 saturated carbocycles. The number of hydrogen-bond acceptors (Lipinski definition) is 3. The van der Waals surface area contributed by atoms with Crippen LogP contribution in [0.1, 0.15) is 23.6 Å². The van der Waals surface area contributed by atoms with E-state index in [9.17, 15) is 14.7 Å². The van der Waals surface area contributed by atoms with Crippen molar-refractivity contribution in [2.24, 2.45) is 0 Å². The van der Waals surface area contributed by atoms with Crippen molar-refractivity contribution in [1.29, 1.82) is 0 Å². The molecular weight excluding hydrogens is 294 g/mol. The van der Waals surface area contributed by atoms with Gasteiger partial charge in [0.1, 0.15) is 6.61 Å². The van der Waals surface area contributed by atoms with E-state index in [1.165, 1.54) is 11.8 Å². The normalized spacial score (nSPS) is 19.3. The second-order valence-electron chi connectivity index (χ2n) is 5.66. The Morgan fingerprint density at radius 3 is 2.48 bits per heavy atom. The number of carbonyl (C=O) groups is 2. The zero-order valence-electron chi connectivity index (χ0n) is 12.7. The van der Waals surface area contributed by atoms with E-state index in [1.807, 2.05) is 42.5 Å². The molecule has 1 aliphatic heterocycles. The van der Waals surface area contributed by atoms with Gasteiger partial charge in [-0.2, -0.15) is 0 Å². The van der Waals surface area contributed by atoms with Crippen molar-refractivity contribution in [2.75, 3.05) is 0 Å². The number of ether oxygens (including phenoxy) is 1. The summed E-state index contributed by atoms with van der Waals surface area (Å²) in [7, 11) is 0. The van der Waals surface area contributed by atoms with Crippen LogP contribution in [0.3, 0.4) is 0 Å². The van der Waals surface area contributed by atoms with Crippen molar-refractivity contribution < 1.29 is 19.4 Å². The highest BCUT2D eigenvalue weighted by atomic mass is 16.6. The first-order valence-electron chi connectivity index (χ1n) is 7.33. The molecule has 5 heteroatoms. The molecule has 0 radical (unpaired) electrons. The molecule has 0 aliphatic carbocycles. The summed E-state index contributed by atoms with van der Waals surface area (Å²) in [6, 6.07) is 16.5. The van der Waals surface area contributed by atoms with E-state index in [-0.39, 0.29) is 13.2 Å². The fraction of sp³-hybridized carbons (Fsp3) is 0.222. The highest BCUT2D eigenvalue weighted by molar-refractivity contribution is 5.87. The predicted octanol–water partition coefficient (Wildman–Crippen LogP) is 3.14. The van der Waals surface area contributed by atoms with Crippen LogP contribution in [0.2, 0.25) is 0 Å². The number of carboxylic acids is 1. The lowest BCUT2D eigenvalue weighted by atomic mass is 9.92. The smallest absolute Gasteiger partial charge is 0.411 e. The van der Waals surface area contributed by atoms with Crippen molar-refractivity contribution in [2.45, 2.75) is 25.6 Å². The van der Waals surface area contributed by atoms with Gasteiger partial charge in [0.2, 0.25) is 0 Å². The molecule has 23 heavy (non-hydrogen) atoms. The number of carbonyl (C=O) groups excluding carboxylic acids is 1. The molecular formula is C18H17NO4. The fourth-order valence-electron chi connectivity index (χ4n) is 2.88. The maximum absolute atomic E-state index is 12.4. The molecule has 1 heterocycles. The van der Waals surface area contributed by atoms with Crippen molar-refractivity contribution >= 4 is 12.1 Å². The van der Waals surface area contributed by atoms with Gasteiger partial charge in [0.05, 0.1) is 6.54 Å². The average Bonchev–Trinajstić information content (AvgIpc) is 2.88. The number of carboxylic acid groups (broad SMARTS) is 1. The first-order chi connectivity index (χ1) is 11.0. The highest BCUT2D eigenvalue weighted by Crippen LogP contribution is 2.39. The molecule has 0 spiro atoms. The predicted molar refractivity (Wildman–Crippen MR) is 83.6 cm³/mol. The molecule has 1 N–H and O–H groups in total. The van der Waals surface area contributed by atoms with Crippen molar-refractivity contribution in [3.63, 3.8) is 0 Å². The molecule has 0 fully saturated rings. The van der Waals surface area contributed by atoms with Gasteiger partial charge in [-0.25, -0.2) is 9.59 Å². The first kappa shape index (κ1) is 15.1. The molecule has 2 aromatic rings. The Balaban J connectivity index is 1.82. The number of benzene rings is 2. The number of aliphatic carboxylic acids is 1. The summed E-state index contributed by atoms with van der Waals surface area (Å²) in [4.78, 5) is 25.5. The third-order valence-corrected chi connectivity index (χ3v) is 4.25. The van der Waals surface area contributed by atoms with Crippen LogP contribution in [0.15, 0.2) is 54.6 Å². The molecule has 5 nitrogen and oxygen atoms in total. The average molecular weight is 311 g/mol. The van der Waals surface area contributed by atoms with Gasteiger partial charge in [-0.3, -0.25) is 4.90 Å². The zero-order chi connectivity index (χ0) is 16.4. The lowest BCUT2D eigenvalue weighted by Crippen LogP contribution is -2.48. The molecule has 1 atom stereocenters. The molecule has 3 rings (SSSR count). The Kier molecular flexibility index (Phi) is 3.78. The van der Waals surface area contributed by atoms with Crippen LogP contribution in [0, 0.1) is 0 Å². The van der Waals surface area contributed by atoms with Crippen LogP contribution < -0.4 is 0 Å². The van der Waals surface area contributed by atoms with Crippen LogP contribution in [-0.2, 0) is 28.2 Å². The van der Waals surface area contributed by atoms with Crippen LogP contribution in [0.4, 0.5) is 4.79 Å².